The zero-order chi connectivity index (χ0) is 23.8. The highest BCUT2D eigenvalue weighted by molar-refractivity contribution is 5.64. The lowest BCUT2D eigenvalue weighted by molar-refractivity contribution is -0.109. The summed E-state index contributed by atoms with van der Waals surface area (Å²) in [5.74, 6) is 0.920. The van der Waals surface area contributed by atoms with Gasteiger partial charge >= 0.3 is 0 Å². The van der Waals surface area contributed by atoms with Crippen LogP contribution in [0.2, 0.25) is 0 Å². The largest absolute Gasteiger partial charge is 0.366 e. The van der Waals surface area contributed by atoms with Crippen LogP contribution in [0.15, 0.2) is 72.9 Å². The fourth-order valence-electron chi connectivity index (χ4n) is 3.99. The SMILES string of the molecule is Cc1ccc(-c2cnc3ccc(NC4CCN(C)CC4)nn23)cc1.O=CNCc1ccccc1. The van der Waals surface area contributed by atoms with E-state index >= 15 is 0 Å². The van der Waals surface area contributed by atoms with Gasteiger partial charge < -0.3 is 15.5 Å². The molecule has 34 heavy (non-hydrogen) atoms. The second kappa shape index (κ2) is 11.4. The predicted molar refractivity (Wildman–Crippen MR) is 137 cm³/mol. The van der Waals surface area contributed by atoms with Gasteiger partial charge in [-0.05, 0) is 57.6 Å². The zero-order valence-electron chi connectivity index (χ0n) is 19.8. The van der Waals surface area contributed by atoms with Crippen molar-refractivity contribution in [3.63, 3.8) is 0 Å². The second-order valence-corrected chi connectivity index (χ2v) is 8.70. The number of piperidine rings is 1. The van der Waals surface area contributed by atoms with Crippen LogP contribution in [-0.4, -0.2) is 52.1 Å². The molecule has 5 rings (SSSR count). The van der Waals surface area contributed by atoms with Gasteiger partial charge in [0.1, 0.15) is 5.82 Å². The Hall–Kier alpha value is -3.71. The maximum absolute atomic E-state index is 9.87. The van der Waals surface area contributed by atoms with Crippen LogP contribution in [-0.2, 0) is 11.3 Å². The third-order valence-electron chi connectivity index (χ3n) is 6.01. The lowest BCUT2D eigenvalue weighted by Gasteiger charge is -2.29. The van der Waals surface area contributed by atoms with Crippen molar-refractivity contribution >= 4 is 17.9 Å². The molecule has 0 atom stereocenters. The van der Waals surface area contributed by atoms with Gasteiger partial charge in [-0.3, -0.25) is 4.79 Å². The first-order chi connectivity index (χ1) is 16.6. The van der Waals surface area contributed by atoms with Gasteiger partial charge in [-0.1, -0.05) is 60.2 Å². The van der Waals surface area contributed by atoms with Crippen molar-refractivity contribution < 1.29 is 4.79 Å². The third kappa shape index (κ3) is 6.20. The quantitative estimate of drug-likeness (QED) is 0.427. The number of nitrogens with zero attached hydrogens (tertiary/aromatic N) is 4. The lowest BCUT2D eigenvalue weighted by atomic mass is 10.1. The van der Waals surface area contributed by atoms with Crippen LogP contribution in [0.4, 0.5) is 5.82 Å². The second-order valence-electron chi connectivity index (χ2n) is 8.70. The molecule has 0 radical (unpaired) electrons. The van der Waals surface area contributed by atoms with E-state index in [1.807, 2.05) is 53.2 Å². The molecule has 0 aliphatic carbocycles. The zero-order valence-corrected chi connectivity index (χ0v) is 19.8. The minimum atomic E-state index is 0.498. The van der Waals surface area contributed by atoms with Crippen molar-refractivity contribution in [1.82, 2.24) is 24.8 Å². The molecule has 176 valence electrons. The summed E-state index contributed by atoms with van der Waals surface area (Å²) in [5, 5.41) is 10.9. The van der Waals surface area contributed by atoms with Gasteiger partial charge in [-0.25, -0.2) is 9.50 Å². The minimum Gasteiger partial charge on any atom is -0.366 e. The van der Waals surface area contributed by atoms with Crippen LogP contribution in [0.3, 0.4) is 0 Å². The number of likely N-dealkylation sites (tertiary alicyclic amines) is 1. The Morgan fingerprint density at radius 3 is 2.44 bits per heavy atom. The van der Waals surface area contributed by atoms with Crippen molar-refractivity contribution in [1.29, 1.82) is 0 Å². The molecule has 0 saturated carbocycles. The van der Waals surface area contributed by atoms with Gasteiger partial charge in [0.25, 0.3) is 0 Å². The molecule has 0 bridgehead atoms. The Morgan fingerprint density at radius 1 is 1.00 bits per heavy atom. The Balaban J connectivity index is 0.000000231. The number of nitrogens with one attached hydrogen (secondary N) is 2. The molecule has 3 heterocycles. The average molecular weight is 457 g/mol. The highest BCUT2D eigenvalue weighted by atomic mass is 16.1. The maximum atomic E-state index is 9.87. The summed E-state index contributed by atoms with van der Waals surface area (Å²) in [6, 6.07) is 22.8. The number of imidazole rings is 1. The van der Waals surface area contributed by atoms with Gasteiger partial charge in [0.2, 0.25) is 6.41 Å². The van der Waals surface area contributed by atoms with E-state index in [4.69, 9.17) is 5.10 Å². The Kier molecular flexibility index (Phi) is 7.88. The summed E-state index contributed by atoms with van der Waals surface area (Å²) >= 11 is 0. The summed E-state index contributed by atoms with van der Waals surface area (Å²) < 4.78 is 1.93. The minimum absolute atomic E-state index is 0.498. The number of carbonyl (C=O) groups is 1. The first-order valence-corrected chi connectivity index (χ1v) is 11.7. The fourth-order valence-corrected chi connectivity index (χ4v) is 3.99. The van der Waals surface area contributed by atoms with Crippen LogP contribution >= 0.6 is 0 Å². The van der Waals surface area contributed by atoms with Crippen molar-refractivity contribution in [2.45, 2.75) is 32.4 Å². The number of fused-ring (bicyclic) bond motifs is 1. The average Bonchev–Trinajstić information content (AvgIpc) is 3.29. The van der Waals surface area contributed by atoms with Crippen LogP contribution < -0.4 is 10.6 Å². The molecule has 2 N–H and O–H groups in total. The maximum Gasteiger partial charge on any atom is 0.207 e. The van der Waals surface area contributed by atoms with E-state index in [9.17, 15) is 4.79 Å². The summed E-state index contributed by atoms with van der Waals surface area (Å²) in [7, 11) is 2.18. The number of benzene rings is 2. The van der Waals surface area contributed by atoms with Crippen LogP contribution in [0.25, 0.3) is 16.9 Å². The summed E-state index contributed by atoms with van der Waals surface area (Å²) in [5.41, 5.74) is 5.41. The van der Waals surface area contributed by atoms with E-state index in [1.54, 1.807) is 0 Å². The number of hydrogen-bond donors (Lipinski definition) is 2. The fraction of sp³-hybridized carbons (Fsp3) is 0.296. The van der Waals surface area contributed by atoms with Gasteiger partial charge in [0.05, 0.1) is 11.9 Å². The van der Waals surface area contributed by atoms with E-state index < -0.39 is 0 Å². The molecule has 4 aromatic rings. The predicted octanol–water partition coefficient (Wildman–Crippen LogP) is 4.14. The van der Waals surface area contributed by atoms with Crippen LogP contribution in [0, 0.1) is 6.92 Å². The Morgan fingerprint density at radius 2 is 1.74 bits per heavy atom. The van der Waals surface area contributed by atoms with Crippen LogP contribution in [0.1, 0.15) is 24.0 Å². The Labute approximate surface area is 200 Å². The smallest absolute Gasteiger partial charge is 0.207 e. The summed E-state index contributed by atoms with van der Waals surface area (Å²) in [6.45, 7) is 4.99. The molecule has 0 spiro atoms. The van der Waals surface area contributed by atoms with Crippen molar-refractivity contribution in [3.05, 3.63) is 84.1 Å². The van der Waals surface area contributed by atoms with Gasteiger partial charge in [-0.15, -0.1) is 5.10 Å². The molecule has 2 aromatic carbocycles. The number of aryl methyl sites for hydroxylation is 1. The first-order valence-electron chi connectivity index (χ1n) is 11.7. The number of amides is 1. The molecule has 1 fully saturated rings. The highest BCUT2D eigenvalue weighted by Crippen LogP contribution is 2.22. The number of carbonyl (C=O) groups excluding carboxylic acids is 1. The molecule has 1 amide bonds. The molecule has 7 nitrogen and oxygen atoms in total. The number of rotatable bonds is 6. The number of aromatic nitrogens is 3. The van der Waals surface area contributed by atoms with Crippen LogP contribution in [0.5, 0.6) is 0 Å². The van der Waals surface area contributed by atoms with Gasteiger partial charge in [-0.2, -0.15) is 0 Å². The van der Waals surface area contributed by atoms with E-state index in [2.05, 4.69) is 58.8 Å². The molecule has 0 unspecified atom stereocenters. The Bertz CT molecular complexity index is 1180. The molecule has 1 saturated heterocycles. The summed E-state index contributed by atoms with van der Waals surface area (Å²) in [4.78, 5) is 16.7. The van der Waals surface area contributed by atoms with E-state index in [1.165, 1.54) is 5.56 Å². The normalized spacial score (nSPS) is 14.3. The monoisotopic (exact) mass is 456 g/mol. The molecule has 1 aliphatic rings. The summed E-state index contributed by atoms with van der Waals surface area (Å²) in [6.07, 6.45) is 4.91. The first kappa shape index (κ1) is 23.4. The van der Waals surface area contributed by atoms with Crippen molar-refractivity contribution in [2.75, 3.05) is 25.5 Å². The highest BCUT2D eigenvalue weighted by Gasteiger charge is 2.17. The van der Waals surface area contributed by atoms with E-state index in [-0.39, 0.29) is 0 Å². The molecular formula is C27H32N6O. The van der Waals surface area contributed by atoms with Crippen molar-refractivity contribution in [2.24, 2.45) is 0 Å². The van der Waals surface area contributed by atoms with E-state index in [0.717, 1.165) is 54.2 Å². The third-order valence-corrected chi connectivity index (χ3v) is 6.01. The molecule has 1 aliphatic heterocycles. The lowest BCUT2D eigenvalue weighted by Crippen LogP contribution is -2.36. The topological polar surface area (TPSA) is 74.6 Å². The van der Waals surface area contributed by atoms with Gasteiger partial charge in [0, 0.05) is 18.2 Å². The molecule has 7 heteroatoms. The number of hydrogen-bond acceptors (Lipinski definition) is 5. The molecular weight excluding hydrogens is 424 g/mol. The van der Waals surface area contributed by atoms with E-state index in [0.29, 0.717) is 19.0 Å². The standard InChI is InChI=1S/C19H23N5.C8H9NO/c1-14-3-5-15(6-4-14)17-13-20-19-8-7-18(22-24(17)19)21-16-9-11-23(2)12-10-16;10-7-9-6-8-4-2-1-3-5-8/h3-8,13,16H,9-12H2,1-2H3,(H,21,22);1-5,7H,6H2,(H,9,10). The van der Waals surface area contributed by atoms with Crippen molar-refractivity contribution in [3.8, 4) is 11.3 Å². The molecule has 2 aromatic heterocycles. The van der Waals surface area contributed by atoms with Gasteiger partial charge in [0.15, 0.2) is 5.65 Å². The number of anilines is 1.